The van der Waals surface area contributed by atoms with Gasteiger partial charge in [-0.1, -0.05) is 37.9 Å². The van der Waals surface area contributed by atoms with Crippen molar-refractivity contribution in [3.05, 3.63) is 64.2 Å². The number of nitriles is 1. The van der Waals surface area contributed by atoms with Crippen molar-refractivity contribution in [2.75, 3.05) is 18.0 Å². The molecule has 1 heterocycles. The zero-order valence-electron chi connectivity index (χ0n) is 17.7. The van der Waals surface area contributed by atoms with Crippen LogP contribution in [0.5, 0.6) is 0 Å². The molecule has 1 saturated heterocycles. The average molecular weight is 446 g/mol. The minimum absolute atomic E-state index is 0.0469. The first-order chi connectivity index (χ1) is 14.8. The van der Waals surface area contributed by atoms with Crippen molar-refractivity contribution in [3.8, 4) is 6.07 Å². The molecule has 0 N–H and O–H groups in total. The molecule has 1 aliphatic heterocycles. The van der Waals surface area contributed by atoms with Crippen molar-refractivity contribution < 1.29 is 13.6 Å². The second-order valence-corrected chi connectivity index (χ2v) is 8.55. The van der Waals surface area contributed by atoms with E-state index >= 15 is 0 Å². The van der Waals surface area contributed by atoms with Crippen LogP contribution in [0.25, 0.3) is 0 Å². The molecule has 3 rings (SSSR count). The van der Waals surface area contributed by atoms with Gasteiger partial charge in [0.15, 0.2) is 0 Å². The van der Waals surface area contributed by atoms with Crippen LogP contribution in [0.15, 0.2) is 36.4 Å². The summed E-state index contributed by atoms with van der Waals surface area (Å²) in [4.78, 5) is 16.5. The second kappa shape index (κ2) is 10.1. The standard InChI is InChI=1S/C24H26ClF2N3O/c1-3-16(2)10-24(31)29-9-8-21(15-29)30(14-18-4-6-19(26)11-23(18)27)20-7-5-17(13-28)22(25)12-20/h4-7,11-12,16,21H,3,8-10,14-15H2,1-2H3/t16?,21-/m0/s1. The van der Waals surface area contributed by atoms with Gasteiger partial charge in [-0.25, -0.2) is 8.78 Å². The van der Waals surface area contributed by atoms with E-state index in [-0.39, 0.29) is 18.5 Å². The van der Waals surface area contributed by atoms with Gasteiger partial charge >= 0.3 is 0 Å². The zero-order chi connectivity index (χ0) is 22.5. The first kappa shape index (κ1) is 23.0. The summed E-state index contributed by atoms with van der Waals surface area (Å²) in [6.45, 7) is 5.49. The van der Waals surface area contributed by atoms with Crippen LogP contribution in [0.3, 0.4) is 0 Å². The van der Waals surface area contributed by atoms with Crippen LogP contribution in [-0.2, 0) is 11.3 Å². The van der Waals surface area contributed by atoms with Crippen LogP contribution in [0.1, 0.15) is 44.2 Å². The highest BCUT2D eigenvalue weighted by atomic mass is 35.5. The van der Waals surface area contributed by atoms with Crippen LogP contribution in [0.2, 0.25) is 5.02 Å². The lowest BCUT2D eigenvalue weighted by molar-refractivity contribution is -0.131. The van der Waals surface area contributed by atoms with Crippen molar-refractivity contribution in [1.82, 2.24) is 4.90 Å². The van der Waals surface area contributed by atoms with Crippen molar-refractivity contribution in [2.45, 2.75) is 45.7 Å². The summed E-state index contributed by atoms with van der Waals surface area (Å²) in [5.41, 5.74) is 1.44. The third-order valence-electron chi connectivity index (χ3n) is 5.94. The number of carbonyl (C=O) groups is 1. The third kappa shape index (κ3) is 5.54. The molecule has 0 bridgehead atoms. The fourth-order valence-corrected chi connectivity index (χ4v) is 4.05. The molecule has 0 aliphatic carbocycles. The predicted octanol–water partition coefficient (Wildman–Crippen LogP) is 5.53. The number of anilines is 1. The van der Waals surface area contributed by atoms with Crippen molar-refractivity contribution >= 4 is 23.2 Å². The van der Waals surface area contributed by atoms with E-state index in [1.807, 2.05) is 15.9 Å². The van der Waals surface area contributed by atoms with E-state index in [0.29, 0.717) is 41.6 Å². The Morgan fingerprint density at radius 1 is 1.32 bits per heavy atom. The van der Waals surface area contributed by atoms with Gasteiger partial charge in [0.2, 0.25) is 5.91 Å². The van der Waals surface area contributed by atoms with Gasteiger partial charge in [0.25, 0.3) is 0 Å². The van der Waals surface area contributed by atoms with Gasteiger partial charge in [0, 0.05) is 49.4 Å². The van der Waals surface area contributed by atoms with Crippen LogP contribution in [0.4, 0.5) is 14.5 Å². The number of hydrogen-bond acceptors (Lipinski definition) is 3. The molecule has 1 fully saturated rings. The number of rotatable bonds is 7. The Kier molecular flexibility index (Phi) is 7.50. The Labute approximate surface area is 187 Å². The molecule has 164 valence electrons. The van der Waals surface area contributed by atoms with E-state index in [9.17, 15) is 13.6 Å². The van der Waals surface area contributed by atoms with Gasteiger partial charge < -0.3 is 9.80 Å². The molecule has 1 unspecified atom stereocenters. The molecule has 0 aromatic heterocycles. The third-order valence-corrected chi connectivity index (χ3v) is 6.25. The summed E-state index contributed by atoms with van der Waals surface area (Å²) in [5.74, 6) is -0.791. The largest absolute Gasteiger partial charge is 0.362 e. The summed E-state index contributed by atoms with van der Waals surface area (Å²) in [7, 11) is 0. The number of benzene rings is 2. The average Bonchev–Trinajstić information content (AvgIpc) is 3.23. The van der Waals surface area contributed by atoms with Gasteiger partial charge in [-0.15, -0.1) is 0 Å². The number of nitrogens with zero attached hydrogens (tertiary/aromatic N) is 3. The molecule has 1 aliphatic rings. The SMILES string of the molecule is CCC(C)CC(=O)N1CC[C@H](N(Cc2ccc(F)cc2F)c2ccc(C#N)c(Cl)c2)C1. The number of carbonyl (C=O) groups excluding carboxylic acids is 1. The molecule has 0 spiro atoms. The second-order valence-electron chi connectivity index (χ2n) is 8.14. The number of halogens is 3. The molecule has 2 atom stereocenters. The van der Waals surface area contributed by atoms with E-state index in [2.05, 4.69) is 13.8 Å². The van der Waals surface area contributed by atoms with Crippen LogP contribution in [0, 0.1) is 28.9 Å². The highest BCUT2D eigenvalue weighted by Gasteiger charge is 2.31. The van der Waals surface area contributed by atoms with Crippen molar-refractivity contribution in [1.29, 1.82) is 5.26 Å². The van der Waals surface area contributed by atoms with E-state index in [1.54, 1.807) is 18.2 Å². The minimum Gasteiger partial charge on any atom is -0.362 e. The molecule has 2 aromatic rings. The lowest BCUT2D eigenvalue weighted by Crippen LogP contribution is -2.39. The Morgan fingerprint density at radius 2 is 2.10 bits per heavy atom. The summed E-state index contributed by atoms with van der Waals surface area (Å²) in [6, 6.07) is 10.6. The molecule has 0 radical (unpaired) electrons. The quantitative estimate of drug-likeness (QED) is 0.562. The van der Waals surface area contributed by atoms with Gasteiger partial charge in [0.1, 0.15) is 17.7 Å². The molecule has 0 saturated carbocycles. The maximum absolute atomic E-state index is 14.4. The lowest BCUT2D eigenvalue weighted by atomic mass is 10.0. The number of likely N-dealkylation sites (tertiary alicyclic amines) is 1. The van der Waals surface area contributed by atoms with Gasteiger partial charge in [-0.05, 0) is 36.6 Å². The van der Waals surface area contributed by atoms with Crippen molar-refractivity contribution in [2.24, 2.45) is 5.92 Å². The maximum atomic E-state index is 14.4. The fourth-order valence-electron chi connectivity index (χ4n) is 3.83. The Morgan fingerprint density at radius 3 is 2.74 bits per heavy atom. The first-order valence-corrected chi connectivity index (χ1v) is 10.9. The Balaban J connectivity index is 1.87. The highest BCUT2D eigenvalue weighted by Crippen LogP contribution is 2.30. The lowest BCUT2D eigenvalue weighted by Gasteiger charge is -2.32. The zero-order valence-corrected chi connectivity index (χ0v) is 18.5. The number of hydrogen-bond donors (Lipinski definition) is 0. The van der Waals surface area contributed by atoms with Crippen LogP contribution < -0.4 is 4.90 Å². The number of amides is 1. The molecule has 2 aromatic carbocycles. The molecule has 31 heavy (non-hydrogen) atoms. The van der Waals surface area contributed by atoms with Gasteiger partial charge in [-0.2, -0.15) is 5.26 Å². The van der Waals surface area contributed by atoms with E-state index in [1.165, 1.54) is 12.1 Å². The Hall–Kier alpha value is -2.65. The maximum Gasteiger partial charge on any atom is 0.222 e. The van der Waals surface area contributed by atoms with Crippen LogP contribution in [-0.4, -0.2) is 29.9 Å². The highest BCUT2D eigenvalue weighted by molar-refractivity contribution is 6.32. The summed E-state index contributed by atoms with van der Waals surface area (Å²) >= 11 is 6.25. The van der Waals surface area contributed by atoms with Gasteiger partial charge in [-0.3, -0.25) is 4.79 Å². The predicted molar refractivity (Wildman–Crippen MR) is 118 cm³/mol. The first-order valence-electron chi connectivity index (χ1n) is 10.5. The molecule has 7 heteroatoms. The molecule has 4 nitrogen and oxygen atoms in total. The summed E-state index contributed by atoms with van der Waals surface area (Å²) in [5, 5.41) is 9.48. The topological polar surface area (TPSA) is 47.3 Å². The Bertz CT molecular complexity index is 991. The van der Waals surface area contributed by atoms with E-state index in [0.717, 1.165) is 24.6 Å². The molecular formula is C24H26ClF2N3O. The monoisotopic (exact) mass is 445 g/mol. The van der Waals surface area contributed by atoms with Gasteiger partial charge in [0.05, 0.1) is 10.6 Å². The van der Waals surface area contributed by atoms with Crippen LogP contribution >= 0.6 is 11.6 Å². The minimum atomic E-state index is -0.628. The summed E-state index contributed by atoms with van der Waals surface area (Å²) in [6.07, 6.45) is 2.19. The molecular weight excluding hydrogens is 420 g/mol. The fraction of sp³-hybridized carbons (Fsp3) is 0.417. The smallest absolute Gasteiger partial charge is 0.222 e. The summed E-state index contributed by atoms with van der Waals surface area (Å²) < 4.78 is 27.8. The van der Waals surface area contributed by atoms with E-state index < -0.39 is 11.6 Å². The van der Waals surface area contributed by atoms with E-state index in [4.69, 9.17) is 16.9 Å². The normalized spacial score (nSPS) is 16.8. The van der Waals surface area contributed by atoms with Crippen molar-refractivity contribution in [3.63, 3.8) is 0 Å². The molecule has 1 amide bonds.